The predicted molar refractivity (Wildman–Crippen MR) is 153 cm³/mol. The molecule has 3 heterocycles. The molecule has 2 fully saturated rings. The Kier molecular flexibility index (Phi) is 9.60. The molecule has 0 spiro atoms. The van der Waals surface area contributed by atoms with E-state index < -0.39 is 27.5 Å². The van der Waals surface area contributed by atoms with Crippen LogP contribution in [0.2, 0.25) is 5.02 Å². The summed E-state index contributed by atoms with van der Waals surface area (Å²) in [5.41, 5.74) is -0.171. The predicted octanol–water partition coefficient (Wildman–Crippen LogP) is 3.23. The molecule has 12 nitrogen and oxygen atoms in total. The third kappa shape index (κ3) is 7.87. The molecular weight excluding hydrogens is 560 g/mol. The van der Waals surface area contributed by atoms with E-state index in [4.69, 9.17) is 21.1 Å². The van der Waals surface area contributed by atoms with Gasteiger partial charge in [-0.25, -0.2) is 9.48 Å². The molecule has 40 heavy (non-hydrogen) atoms. The quantitative estimate of drug-likeness (QED) is 0.421. The average Bonchev–Trinajstić information content (AvgIpc) is 2.90. The maximum atomic E-state index is 13.1. The zero-order chi connectivity index (χ0) is 28.9. The molecule has 2 aromatic rings. The summed E-state index contributed by atoms with van der Waals surface area (Å²) in [7, 11) is -3.71. The summed E-state index contributed by atoms with van der Waals surface area (Å²) in [4.78, 5) is 25.4. The van der Waals surface area contributed by atoms with Gasteiger partial charge in [-0.3, -0.25) is 9.52 Å². The van der Waals surface area contributed by atoms with Gasteiger partial charge in [-0.05, 0) is 52.2 Å². The van der Waals surface area contributed by atoms with Crippen LogP contribution in [-0.4, -0.2) is 73.1 Å². The third-order valence-corrected chi connectivity index (χ3v) is 8.71. The molecule has 2 aliphatic heterocycles. The van der Waals surface area contributed by atoms with Crippen molar-refractivity contribution in [2.75, 3.05) is 42.9 Å². The molecule has 14 heteroatoms. The van der Waals surface area contributed by atoms with Crippen LogP contribution in [0.1, 0.15) is 46.1 Å². The molecule has 3 N–H and O–H groups in total. The van der Waals surface area contributed by atoms with Crippen molar-refractivity contribution in [1.82, 2.24) is 19.4 Å². The first kappa shape index (κ1) is 30.1. The molecule has 0 aliphatic carbocycles. The number of benzene rings is 1. The molecule has 0 radical (unpaired) electrons. The standard InChI is InChI=1S/C26H37ClN6O6S/c1-26(2,3)39-25(35)30-21-11-14-38-17-18(21)15-28-22-16-29-33(24(34)23(22)27)20-9-12-32(13-10-20)40(36,37)31-19-7-5-4-6-8-19/h4-8,16,18,20-21,28,31H,9-15,17H2,1-3H3,(H,30,35)/t18-,21?/m1/s1. The Morgan fingerprint density at radius 2 is 1.88 bits per heavy atom. The summed E-state index contributed by atoms with van der Waals surface area (Å²) >= 11 is 6.45. The largest absolute Gasteiger partial charge is 0.444 e. The topological polar surface area (TPSA) is 144 Å². The van der Waals surface area contributed by atoms with E-state index in [2.05, 4.69) is 20.5 Å². The van der Waals surface area contributed by atoms with Crippen LogP contribution in [0.15, 0.2) is 41.3 Å². The van der Waals surface area contributed by atoms with Gasteiger partial charge in [-0.15, -0.1) is 0 Å². The molecular formula is C26H37ClN6O6S. The highest BCUT2D eigenvalue weighted by atomic mass is 35.5. The Hall–Kier alpha value is -2.87. The number of carbonyl (C=O) groups is 1. The van der Waals surface area contributed by atoms with Crippen LogP contribution in [0.4, 0.5) is 16.2 Å². The molecule has 0 saturated carbocycles. The van der Waals surface area contributed by atoms with Gasteiger partial charge in [0, 0.05) is 43.9 Å². The first-order valence-electron chi connectivity index (χ1n) is 13.3. The smallest absolute Gasteiger partial charge is 0.407 e. The van der Waals surface area contributed by atoms with Crippen LogP contribution < -0.4 is 20.9 Å². The summed E-state index contributed by atoms with van der Waals surface area (Å²) in [6, 6.07) is 8.25. The minimum atomic E-state index is -3.71. The van der Waals surface area contributed by atoms with E-state index in [1.807, 2.05) is 6.07 Å². The molecule has 4 rings (SSSR count). The van der Waals surface area contributed by atoms with Crippen molar-refractivity contribution in [1.29, 1.82) is 0 Å². The molecule has 1 amide bonds. The van der Waals surface area contributed by atoms with Crippen molar-refractivity contribution >= 4 is 39.3 Å². The highest BCUT2D eigenvalue weighted by Crippen LogP contribution is 2.26. The third-order valence-electron chi connectivity index (χ3n) is 6.80. The van der Waals surface area contributed by atoms with Crippen molar-refractivity contribution in [3.05, 3.63) is 51.9 Å². The Morgan fingerprint density at radius 1 is 1.18 bits per heavy atom. The molecule has 1 unspecified atom stereocenters. The van der Waals surface area contributed by atoms with Gasteiger partial charge in [0.1, 0.15) is 10.6 Å². The van der Waals surface area contributed by atoms with E-state index in [0.29, 0.717) is 50.4 Å². The van der Waals surface area contributed by atoms with Gasteiger partial charge in [0.2, 0.25) is 0 Å². The molecule has 1 aromatic carbocycles. The number of hydrogen-bond acceptors (Lipinski definition) is 8. The van der Waals surface area contributed by atoms with Gasteiger partial charge in [0.15, 0.2) is 0 Å². The first-order valence-corrected chi connectivity index (χ1v) is 15.2. The number of amides is 1. The van der Waals surface area contributed by atoms with Crippen molar-refractivity contribution in [3.63, 3.8) is 0 Å². The number of piperidine rings is 1. The highest BCUT2D eigenvalue weighted by Gasteiger charge is 2.31. The number of para-hydroxylation sites is 1. The molecule has 0 bridgehead atoms. The monoisotopic (exact) mass is 596 g/mol. The fraction of sp³-hybridized carbons (Fsp3) is 0.577. The maximum absolute atomic E-state index is 13.1. The fourth-order valence-electron chi connectivity index (χ4n) is 4.76. The second-order valence-electron chi connectivity index (χ2n) is 11.0. The van der Waals surface area contributed by atoms with Crippen LogP contribution in [0.25, 0.3) is 0 Å². The average molecular weight is 597 g/mol. The van der Waals surface area contributed by atoms with E-state index in [1.54, 1.807) is 45.0 Å². The van der Waals surface area contributed by atoms with Gasteiger partial charge in [-0.1, -0.05) is 29.8 Å². The lowest BCUT2D eigenvalue weighted by molar-refractivity contribution is 0.0210. The fourth-order valence-corrected chi connectivity index (χ4v) is 6.22. The SMILES string of the molecule is CC(C)(C)OC(=O)NC1CCOC[C@H]1CNc1cnn(C2CCN(S(=O)(=O)Nc3ccccc3)CC2)c(=O)c1Cl. The summed E-state index contributed by atoms with van der Waals surface area (Å²) < 4.78 is 41.8. The Bertz CT molecular complexity index is 1330. The number of nitrogens with zero attached hydrogens (tertiary/aromatic N) is 3. The number of anilines is 2. The van der Waals surface area contributed by atoms with E-state index in [1.165, 1.54) is 15.2 Å². The zero-order valence-corrected chi connectivity index (χ0v) is 24.5. The van der Waals surface area contributed by atoms with E-state index >= 15 is 0 Å². The van der Waals surface area contributed by atoms with Gasteiger partial charge < -0.3 is 20.1 Å². The van der Waals surface area contributed by atoms with E-state index in [9.17, 15) is 18.0 Å². The van der Waals surface area contributed by atoms with Crippen LogP contribution in [0.3, 0.4) is 0 Å². The summed E-state index contributed by atoms with van der Waals surface area (Å²) in [6.07, 6.45) is 2.49. The van der Waals surface area contributed by atoms with E-state index in [-0.39, 0.29) is 36.1 Å². The lowest BCUT2D eigenvalue weighted by Gasteiger charge is -2.33. The first-order chi connectivity index (χ1) is 18.9. The summed E-state index contributed by atoms with van der Waals surface area (Å²) in [5, 5.41) is 10.4. The van der Waals surface area contributed by atoms with E-state index in [0.717, 1.165) is 0 Å². The lowest BCUT2D eigenvalue weighted by Crippen LogP contribution is -2.49. The van der Waals surface area contributed by atoms with Crippen molar-refractivity contribution < 1.29 is 22.7 Å². The number of rotatable bonds is 8. The summed E-state index contributed by atoms with van der Waals surface area (Å²) in [6.45, 7) is 7.26. The Balaban J connectivity index is 1.34. The minimum absolute atomic E-state index is 0.00387. The number of hydrogen-bond donors (Lipinski definition) is 3. The zero-order valence-electron chi connectivity index (χ0n) is 22.9. The van der Waals surface area contributed by atoms with Crippen LogP contribution in [-0.2, 0) is 19.7 Å². The number of nitrogens with one attached hydrogen (secondary N) is 3. The van der Waals surface area contributed by atoms with Gasteiger partial charge in [0.25, 0.3) is 5.56 Å². The minimum Gasteiger partial charge on any atom is -0.444 e. The molecule has 2 aliphatic rings. The normalized spacial score (nSPS) is 21.0. The molecule has 2 atom stereocenters. The van der Waals surface area contributed by atoms with Gasteiger partial charge >= 0.3 is 16.3 Å². The second-order valence-corrected chi connectivity index (χ2v) is 13.0. The number of halogens is 1. The second kappa shape index (κ2) is 12.8. The Morgan fingerprint density at radius 3 is 2.55 bits per heavy atom. The van der Waals surface area contributed by atoms with Crippen LogP contribution >= 0.6 is 11.6 Å². The Labute approximate surface area is 239 Å². The number of carbonyl (C=O) groups excluding carboxylic acids is 1. The summed E-state index contributed by atoms with van der Waals surface area (Å²) in [5.74, 6) is -0.0736. The van der Waals surface area contributed by atoms with Crippen LogP contribution in [0.5, 0.6) is 0 Å². The van der Waals surface area contributed by atoms with Crippen molar-refractivity contribution in [2.24, 2.45) is 5.92 Å². The van der Waals surface area contributed by atoms with Crippen molar-refractivity contribution in [2.45, 2.75) is 57.7 Å². The number of alkyl carbamates (subject to hydrolysis) is 1. The lowest BCUT2D eigenvalue weighted by atomic mass is 9.95. The van der Waals surface area contributed by atoms with Crippen LogP contribution in [0, 0.1) is 5.92 Å². The van der Waals surface area contributed by atoms with Gasteiger partial charge in [-0.2, -0.15) is 17.8 Å². The van der Waals surface area contributed by atoms with Crippen molar-refractivity contribution in [3.8, 4) is 0 Å². The van der Waals surface area contributed by atoms with Gasteiger partial charge in [0.05, 0.1) is 24.5 Å². The molecule has 1 aromatic heterocycles. The number of aromatic nitrogens is 2. The number of ether oxygens (including phenoxy) is 2. The molecule has 2 saturated heterocycles. The highest BCUT2D eigenvalue weighted by molar-refractivity contribution is 7.90. The molecule has 220 valence electrons. The maximum Gasteiger partial charge on any atom is 0.407 e.